The number of nitrogens with one attached hydrogen (secondary N) is 1. The minimum absolute atomic E-state index is 0.00715. The van der Waals surface area contributed by atoms with Crippen LogP contribution in [0.4, 0.5) is 0 Å². The normalized spacial score (nSPS) is 12.2. The molecule has 6 heteroatoms. The number of fused-ring (bicyclic) bond motifs is 1. The van der Waals surface area contributed by atoms with E-state index in [0.717, 1.165) is 5.56 Å². The van der Waals surface area contributed by atoms with Crippen LogP contribution < -0.4 is 10.1 Å². The highest BCUT2D eigenvalue weighted by Gasteiger charge is 2.16. The van der Waals surface area contributed by atoms with Gasteiger partial charge in [0.05, 0.1) is 23.1 Å². The van der Waals surface area contributed by atoms with Gasteiger partial charge < -0.3 is 10.1 Å². The molecule has 3 aromatic rings. The average molecular weight is 370 g/mol. The lowest BCUT2D eigenvalue weighted by Crippen LogP contribution is -2.33. The molecule has 0 aliphatic rings. The number of carbonyl (C=O) groups is 1. The SMILES string of the molecule is CC(C)NC(=O)C(C)c1ccc(Oc2cnc3cc(Cl)ccc3n2)cc1. The molecule has 1 unspecified atom stereocenters. The van der Waals surface area contributed by atoms with E-state index in [2.05, 4.69) is 15.3 Å². The number of amides is 1. The van der Waals surface area contributed by atoms with Crippen molar-refractivity contribution in [1.82, 2.24) is 15.3 Å². The molecule has 0 aliphatic heterocycles. The summed E-state index contributed by atoms with van der Waals surface area (Å²) in [6.07, 6.45) is 1.56. The molecule has 0 aliphatic carbocycles. The molecule has 1 heterocycles. The topological polar surface area (TPSA) is 64.1 Å². The first-order valence-corrected chi connectivity index (χ1v) is 8.80. The highest BCUT2D eigenvalue weighted by molar-refractivity contribution is 6.31. The molecule has 1 atom stereocenters. The van der Waals surface area contributed by atoms with E-state index in [0.29, 0.717) is 27.7 Å². The molecule has 5 nitrogen and oxygen atoms in total. The van der Waals surface area contributed by atoms with Crippen LogP contribution in [0, 0.1) is 0 Å². The first-order valence-electron chi connectivity index (χ1n) is 8.43. The summed E-state index contributed by atoms with van der Waals surface area (Å²) < 4.78 is 5.77. The molecule has 26 heavy (non-hydrogen) atoms. The Labute approximate surface area is 157 Å². The maximum Gasteiger partial charge on any atom is 0.238 e. The monoisotopic (exact) mass is 369 g/mol. The van der Waals surface area contributed by atoms with Crippen LogP contribution in [0.5, 0.6) is 11.6 Å². The first kappa shape index (κ1) is 18.1. The van der Waals surface area contributed by atoms with E-state index in [1.165, 1.54) is 0 Å². The molecule has 3 rings (SSSR count). The van der Waals surface area contributed by atoms with Gasteiger partial charge in [-0.1, -0.05) is 23.7 Å². The van der Waals surface area contributed by atoms with E-state index < -0.39 is 0 Å². The van der Waals surface area contributed by atoms with Crippen molar-refractivity contribution in [2.75, 3.05) is 0 Å². The number of nitrogens with zero attached hydrogens (tertiary/aromatic N) is 2. The Hall–Kier alpha value is -2.66. The van der Waals surface area contributed by atoms with Gasteiger partial charge in [0, 0.05) is 11.1 Å². The summed E-state index contributed by atoms with van der Waals surface area (Å²) >= 11 is 5.95. The fourth-order valence-electron chi connectivity index (χ4n) is 2.52. The van der Waals surface area contributed by atoms with E-state index in [9.17, 15) is 4.79 Å². The van der Waals surface area contributed by atoms with Crippen LogP contribution >= 0.6 is 11.6 Å². The van der Waals surface area contributed by atoms with Crippen LogP contribution in [0.25, 0.3) is 11.0 Å². The van der Waals surface area contributed by atoms with Crippen LogP contribution in [0.1, 0.15) is 32.3 Å². The van der Waals surface area contributed by atoms with E-state index in [-0.39, 0.29) is 17.9 Å². The van der Waals surface area contributed by atoms with Gasteiger partial charge in [-0.05, 0) is 56.7 Å². The predicted octanol–water partition coefficient (Wildman–Crippen LogP) is 4.70. The largest absolute Gasteiger partial charge is 0.437 e. The lowest BCUT2D eigenvalue weighted by atomic mass is 10.00. The van der Waals surface area contributed by atoms with E-state index in [1.807, 2.05) is 45.0 Å². The molecular weight excluding hydrogens is 350 g/mol. The summed E-state index contributed by atoms with van der Waals surface area (Å²) in [5.41, 5.74) is 2.35. The second-order valence-corrected chi connectivity index (χ2v) is 6.83. The third-order valence-electron chi connectivity index (χ3n) is 3.91. The maximum atomic E-state index is 12.1. The summed E-state index contributed by atoms with van der Waals surface area (Å²) in [6.45, 7) is 5.77. The van der Waals surface area contributed by atoms with Crippen molar-refractivity contribution in [2.45, 2.75) is 32.7 Å². The highest BCUT2D eigenvalue weighted by Crippen LogP contribution is 2.24. The molecule has 0 spiro atoms. The number of hydrogen-bond donors (Lipinski definition) is 1. The van der Waals surface area contributed by atoms with Crippen molar-refractivity contribution in [3.8, 4) is 11.6 Å². The number of halogens is 1. The Morgan fingerprint density at radius 1 is 1.08 bits per heavy atom. The van der Waals surface area contributed by atoms with Crippen LogP contribution in [-0.2, 0) is 4.79 Å². The molecule has 1 amide bonds. The van der Waals surface area contributed by atoms with Crippen LogP contribution in [0.15, 0.2) is 48.7 Å². The Morgan fingerprint density at radius 3 is 2.50 bits per heavy atom. The second-order valence-electron chi connectivity index (χ2n) is 6.40. The average Bonchev–Trinajstić information content (AvgIpc) is 2.61. The minimum atomic E-state index is -0.225. The molecule has 0 saturated heterocycles. The Bertz CT molecular complexity index is 926. The van der Waals surface area contributed by atoms with Crippen molar-refractivity contribution in [1.29, 1.82) is 0 Å². The Balaban J connectivity index is 1.73. The van der Waals surface area contributed by atoms with Crippen molar-refractivity contribution < 1.29 is 9.53 Å². The molecule has 134 valence electrons. The zero-order valence-corrected chi connectivity index (χ0v) is 15.6. The highest BCUT2D eigenvalue weighted by atomic mass is 35.5. The first-order chi connectivity index (χ1) is 12.4. The summed E-state index contributed by atoms with van der Waals surface area (Å²) in [5.74, 6) is 0.815. The quantitative estimate of drug-likeness (QED) is 0.707. The van der Waals surface area contributed by atoms with Crippen molar-refractivity contribution >= 4 is 28.5 Å². The summed E-state index contributed by atoms with van der Waals surface area (Å²) in [6, 6.07) is 12.9. The molecule has 2 aromatic carbocycles. The van der Waals surface area contributed by atoms with Gasteiger partial charge in [-0.25, -0.2) is 9.97 Å². The Morgan fingerprint density at radius 2 is 1.81 bits per heavy atom. The second kappa shape index (κ2) is 7.70. The van der Waals surface area contributed by atoms with Crippen LogP contribution in [0.2, 0.25) is 5.02 Å². The standard InChI is InChI=1S/C20H20ClN3O2/c1-12(2)23-20(25)13(3)14-4-7-16(8-5-14)26-19-11-22-18-10-15(21)6-9-17(18)24-19/h4-13H,1-3H3,(H,23,25). The minimum Gasteiger partial charge on any atom is -0.437 e. The van der Waals surface area contributed by atoms with Gasteiger partial charge in [-0.15, -0.1) is 0 Å². The van der Waals surface area contributed by atoms with Crippen LogP contribution in [-0.4, -0.2) is 21.9 Å². The van der Waals surface area contributed by atoms with Gasteiger partial charge in [0.2, 0.25) is 11.8 Å². The lowest BCUT2D eigenvalue weighted by molar-refractivity contribution is -0.122. The zero-order valence-electron chi connectivity index (χ0n) is 14.9. The number of carbonyl (C=O) groups excluding carboxylic acids is 1. The molecule has 0 radical (unpaired) electrons. The number of aromatic nitrogens is 2. The van der Waals surface area contributed by atoms with Crippen molar-refractivity contribution in [2.24, 2.45) is 0 Å². The molecule has 0 fully saturated rings. The van der Waals surface area contributed by atoms with Gasteiger partial charge in [-0.2, -0.15) is 0 Å². The molecule has 0 bridgehead atoms. The van der Waals surface area contributed by atoms with Gasteiger partial charge in [0.15, 0.2) is 0 Å². The maximum absolute atomic E-state index is 12.1. The number of rotatable bonds is 5. The van der Waals surface area contributed by atoms with Gasteiger partial charge >= 0.3 is 0 Å². The number of ether oxygens (including phenoxy) is 1. The molecular formula is C20H20ClN3O2. The van der Waals surface area contributed by atoms with Gasteiger partial charge in [0.1, 0.15) is 5.75 Å². The van der Waals surface area contributed by atoms with E-state index >= 15 is 0 Å². The molecule has 1 aromatic heterocycles. The zero-order chi connectivity index (χ0) is 18.7. The lowest BCUT2D eigenvalue weighted by Gasteiger charge is -2.15. The number of benzene rings is 2. The van der Waals surface area contributed by atoms with Crippen LogP contribution in [0.3, 0.4) is 0 Å². The third kappa shape index (κ3) is 4.29. The predicted molar refractivity (Wildman–Crippen MR) is 103 cm³/mol. The fraction of sp³-hybridized carbons (Fsp3) is 0.250. The number of hydrogen-bond acceptors (Lipinski definition) is 4. The van der Waals surface area contributed by atoms with E-state index in [1.54, 1.807) is 24.4 Å². The third-order valence-corrected chi connectivity index (χ3v) is 4.14. The summed E-state index contributed by atoms with van der Waals surface area (Å²) in [5, 5.41) is 3.54. The van der Waals surface area contributed by atoms with Crippen molar-refractivity contribution in [3.05, 3.63) is 59.2 Å². The summed E-state index contributed by atoms with van der Waals surface area (Å²) in [4.78, 5) is 20.8. The smallest absolute Gasteiger partial charge is 0.238 e. The molecule has 1 N–H and O–H groups in total. The Kier molecular flexibility index (Phi) is 5.38. The van der Waals surface area contributed by atoms with Gasteiger partial charge in [0.25, 0.3) is 0 Å². The van der Waals surface area contributed by atoms with E-state index in [4.69, 9.17) is 16.3 Å². The fourth-order valence-corrected chi connectivity index (χ4v) is 2.69. The van der Waals surface area contributed by atoms with Crippen molar-refractivity contribution in [3.63, 3.8) is 0 Å². The summed E-state index contributed by atoms with van der Waals surface area (Å²) in [7, 11) is 0. The molecule has 0 saturated carbocycles. The van der Waals surface area contributed by atoms with Gasteiger partial charge in [-0.3, -0.25) is 4.79 Å².